The first-order chi connectivity index (χ1) is 7.18. The molecule has 1 aliphatic heterocycles. The first-order valence-corrected chi connectivity index (χ1v) is 6.81. The summed E-state index contributed by atoms with van der Waals surface area (Å²) in [5.74, 6) is 1.71. The van der Waals surface area contributed by atoms with E-state index in [0.717, 1.165) is 11.1 Å². The molecule has 1 aromatic rings. The third-order valence-corrected chi connectivity index (χ3v) is 4.85. The summed E-state index contributed by atoms with van der Waals surface area (Å²) in [7, 11) is 0.271. The molecule has 1 heterocycles. The molecule has 0 aliphatic carbocycles. The summed E-state index contributed by atoms with van der Waals surface area (Å²) in [6.07, 6.45) is 4.79. The molecule has 0 radical (unpaired) electrons. The van der Waals surface area contributed by atoms with E-state index in [1.807, 2.05) is 13.8 Å². The zero-order valence-corrected chi connectivity index (χ0v) is 10.1. The predicted molar refractivity (Wildman–Crippen MR) is 66.5 cm³/mol. The van der Waals surface area contributed by atoms with Gasteiger partial charge in [0.2, 0.25) is 0 Å². The maximum absolute atomic E-state index is 9.71. The molecule has 1 nitrogen and oxygen atoms in total. The second-order valence-electron chi connectivity index (χ2n) is 4.05. The van der Waals surface area contributed by atoms with Crippen molar-refractivity contribution in [1.82, 2.24) is 0 Å². The number of hydrogen-bond acceptors (Lipinski definition) is 1. The minimum atomic E-state index is 0.271. The minimum absolute atomic E-state index is 0.271. The molecule has 0 amide bonds. The summed E-state index contributed by atoms with van der Waals surface area (Å²) in [6.45, 7) is 3.95. The van der Waals surface area contributed by atoms with Crippen molar-refractivity contribution in [3.8, 4) is 5.75 Å². The molecular formula is C13H17OS+. The van der Waals surface area contributed by atoms with E-state index in [0.29, 0.717) is 5.75 Å². The van der Waals surface area contributed by atoms with Crippen LogP contribution in [0, 0.1) is 13.8 Å². The molecule has 0 bridgehead atoms. The summed E-state index contributed by atoms with van der Waals surface area (Å²) in [5, 5.41) is 12.0. The van der Waals surface area contributed by atoms with E-state index in [1.54, 1.807) is 0 Å². The van der Waals surface area contributed by atoms with Crippen molar-refractivity contribution in [3.05, 3.63) is 34.7 Å². The van der Waals surface area contributed by atoms with Crippen LogP contribution in [-0.2, 0) is 10.9 Å². The number of benzene rings is 1. The third-order valence-electron chi connectivity index (χ3n) is 2.76. The van der Waals surface area contributed by atoms with Crippen LogP contribution in [0.25, 0.3) is 0 Å². The van der Waals surface area contributed by atoms with Gasteiger partial charge >= 0.3 is 0 Å². The Labute approximate surface area is 94.2 Å². The smallest absolute Gasteiger partial charge is 0.160 e. The topological polar surface area (TPSA) is 20.2 Å². The number of phenols is 1. The molecule has 0 spiro atoms. The van der Waals surface area contributed by atoms with Crippen LogP contribution in [0.3, 0.4) is 0 Å². The van der Waals surface area contributed by atoms with Gasteiger partial charge in [-0.3, -0.25) is 0 Å². The number of allylic oxidation sites excluding steroid dienone is 1. The van der Waals surface area contributed by atoms with Crippen LogP contribution in [-0.4, -0.2) is 10.9 Å². The van der Waals surface area contributed by atoms with E-state index >= 15 is 0 Å². The second-order valence-corrected chi connectivity index (χ2v) is 6.06. The van der Waals surface area contributed by atoms with Gasteiger partial charge in [0.05, 0.1) is 10.9 Å². The average molecular weight is 221 g/mol. The van der Waals surface area contributed by atoms with Gasteiger partial charge in [0, 0.05) is 12.1 Å². The van der Waals surface area contributed by atoms with E-state index in [4.69, 9.17) is 0 Å². The van der Waals surface area contributed by atoms with Gasteiger partial charge in [-0.15, -0.1) is 0 Å². The summed E-state index contributed by atoms with van der Waals surface area (Å²) in [5.41, 5.74) is 1.99. The summed E-state index contributed by atoms with van der Waals surface area (Å²) in [6, 6.07) is 4.25. The van der Waals surface area contributed by atoms with Gasteiger partial charge in [0.25, 0.3) is 0 Å². The van der Waals surface area contributed by atoms with Gasteiger partial charge in [-0.2, -0.15) is 0 Å². The fourth-order valence-corrected chi connectivity index (χ4v) is 3.90. The van der Waals surface area contributed by atoms with Crippen LogP contribution in [0.5, 0.6) is 5.75 Å². The third kappa shape index (κ3) is 2.20. The highest BCUT2D eigenvalue weighted by atomic mass is 32.2. The Morgan fingerprint density at radius 3 is 2.40 bits per heavy atom. The second kappa shape index (κ2) is 4.31. The summed E-state index contributed by atoms with van der Waals surface area (Å²) in [4.78, 5) is 1.37. The van der Waals surface area contributed by atoms with Crippen LogP contribution in [0.15, 0.2) is 28.5 Å². The quantitative estimate of drug-likeness (QED) is 0.721. The van der Waals surface area contributed by atoms with Crippen molar-refractivity contribution < 1.29 is 5.11 Å². The molecular weight excluding hydrogens is 204 g/mol. The maximum Gasteiger partial charge on any atom is 0.160 e. The first-order valence-electron chi connectivity index (χ1n) is 5.35. The van der Waals surface area contributed by atoms with Gasteiger partial charge in [-0.25, -0.2) is 0 Å². The zero-order valence-electron chi connectivity index (χ0n) is 9.29. The summed E-state index contributed by atoms with van der Waals surface area (Å²) >= 11 is 0. The molecule has 2 heteroatoms. The van der Waals surface area contributed by atoms with Crippen molar-refractivity contribution in [3.63, 3.8) is 0 Å². The van der Waals surface area contributed by atoms with E-state index in [1.165, 1.54) is 23.5 Å². The SMILES string of the molecule is Cc1cc([S+]2C=CCCC2)cc(C)c1O. The van der Waals surface area contributed by atoms with Crippen molar-refractivity contribution >= 4 is 10.9 Å². The zero-order chi connectivity index (χ0) is 10.8. The van der Waals surface area contributed by atoms with Crippen molar-refractivity contribution in [1.29, 1.82) is 0 Å². The number of hydrogen-bond donors (Lipinski definition) is 1. The Bertz CT molecular complexity index is 373. The molecule has 1 aromatic carbocycles. The Morgan fingerprint density at radius 1 is 1.20 bits per heavy atom. The highest BCUT2D eigenvalue weighted by molar-refractivity contribution is 7.99. The maximum atomic E-state index is 9.71. The van der Waals surface area contributed by atoms with Crippen LogP contribution >= 0.6 is 0 Å². The number of aromatic hydroxyl groups is 1. The average Bonchev–Trinajstić information content (AvgIpc) is 2.26. The molecule has 1 atom stereocenters. The van der Waals surface area contributed by atoms with E-state index < -0.39 is 0 Å². The van der Waals surface area contributed by atoms with Gasteiger partial charge in [-0.05, 0) is 43.9 Å². The monoisotopic (exact) mass is 221 g/mol. The van der Waals surface area contributed by atoms with Crippen molar-refractivity contribution in [2.24, 2.45) is 0 Å². The lowest BCUT2D eigenvalue weighted by molar-refractivity contribution is 0.466. The molecule has 15 heavy (non-hydrogen) atoms. The van der Waals surface area contributed by atoms with Crippen LogP contribution in [0.1, 0.15) is 24.0 Å². The van der Waals surface area contributed by atoms with E-state index in [2.05, 4.69) is 23.6 Å². The Kier molecular flexibility index (Phi) is 3.06. The van der Waals surface area contributed by atoms with Gasteiger partial charge in [0.1, 0.15) is 16.9 Å². The van der Waals surface area contributed by atoms with E-state index in [9.17, 15) is 5.11 Å². The molecule has 1 unspecified atom stereocenters. The van der Waals surface area contributed by atoms with Crippen molar-refractivity contribution in [2.45, 2.75) is 31.6 Å². The van der Waals surface area contributed by atoms with Crippen molar-refractivity contribution in [2.75, 3.05) is 5.75 Å². The Morgan fingerprint density at radius 2 is 1.87 bits per heavy atom. The van der Waals surface area contributed by atoms with E-state index in [-0.39, 0.29) is 10.9 Å². The summed E-state index contributed by atoms with van der Waals surface area (Å²) < 4.78 is 0. The highest BCUT2D eigenvalue weighted by Gasteiger charge is 2.22. The van der Waals surface area contributed by atoms with Crippen LogP contribution in [0.2, 0.25) is 0 Å². The predicted octanol–water partition coefficient (Wildman–Crippen LogP) is 3.29. The number of aryl methyl sites for hydroxylation is 2. The standard InChI is InChI=1S/C13H16OS/c1-10-8-12(9-11(2)13(10)14)15-6-4-3-5-7-15/h4,6,8-9H,3,5,7H2,1-2H3/p+1. The molecule has 1 N–H and O–H groups in total. The van der Waals surface area contributed by atoms with Crippen LogP contribution in [0.4, 0.5) is 0 Å². The molecule has 0 saturated carbocycles. The first kappa shape index (κ1) is 10.6. The molecule has 0 fully saturated rings. The normalized spacial score (nSPS) is 20.5. The number of phenolic OH excluding ortho intramolecular Hbond substituents is 1. The van der Waals surface area contributed by atoms with Gasteiger partial charge in [-0.1, -0.05) is 0 Å². The minimum Gasteiger partial charge on any atom is -0.507 e. The lowest BCUT2D eigenvalue weighted by Gasteiger charge is -2.10. The fourth-order valence-electron chi connectivity index (χ4n) is 1.87. The fraction of sp³-hybridized carbons (Fsp3) is 0.385. The molecule has 80 valence electrons. The molecule has 1 aliphatic rings. The van der Waals surface area contributed by atoms with Gasteiger partial charge < -0.3 is 5.11 Å². The van der Waals surface area contributed by atoms with Crippen LogP contribution < -0.4 is 0 Å². The Hall–Kier alpha value is -0.890. The number of rotatable bonds is 1. The largest absolute Gasteiger partial charge is 0.507 e. The molecule has 0 aromatic heterocycles. The molecule has 0 saturated heterocycles. The lowest BCUT2D eigenvalue weighted by Crippen LogP contribution is -2.08. The lowest BCUT2D eigenvalue weighted by atomic mass is 10.1. The Balaban J connectivity index is 2.36. The van der Waals surface area contributed by atoms with Gasteiger partial charge in [0.15, 0.2) is 4.90 Å². The molecule has 2 rings (SSSR count). The highest BCUT2D eigenvalue weighted by Crippen LogP contribution is 2.28.